The van der Waals surface area contributed by atoms with E-state index in [9.17, 15) is 22.8 Å². The van der Waals surface area contributed by atoms with Crippen molar-refractivity contribution in [1.29, 1.82) is 0 Å². The van der Waals surface area contributed by atoms with Crippen molar-refractivity contribution in [3.05, 3.63) is 0 Å². The van der Waals surface area contributed by atoms with E-state index in [0.29, 0.717) is 13.0 Å². The van der Waals surface area contributed by atoms with Crippen LogP contribution >= 0.6 is 0 Å². The van der Waals surface area contributed by atoms with E-state index in [4.69, 9.17) is 0 Å². The molecule has 0 spiro atoms. The molecule has 86 valence electrons. The largest absolute Gasteiger partial charge is 0.471 e. The van der Waals surface area contributed by atoms with Crippen LogP contribution in [0.1, 0.15) is 12.8 Å². The van der Waals surface area contributed by atoms with Gasteiger partial charge in [-0.25, -0.2) is 0 Å². The van der Waals surface area contributed by atoms with E-state index in [2.05, 4.69) is 0 Å². The molecule has 0 aromatic carbocycles. The van der Waals surface area contributed by atoms with Crippen molar-refractivity contribution in [3.8, 4) is 0 Å². The van der Waals surface area contributed by atoms with E-state index in [1.54, 1.807) is 11.9 Å². The van der Waals surface area contributed by atoms with Crippen LogP contribution in [-0.2, 0) is 9.59 Å². The van der Waals surface area contributed by atoms with Crippen molar-refractivity contribution in [2.24, 2.45) is 0 Å². The SMILES string of the molecule is CN1CCC[C@H]1C(=O)NC(=O)C(F)(F)F. The molecule has 1 aliphatic heterocycles. The van der Waals surface area contributed by atoms with Crippen LogP contribution in [0, 0.1) is 0 Å². The predicted molar refractivity (Wildman–Crippen MR) is 44.9 cm³/mol. The lowest BCUT2D eigenvalue weighted by Crippen LogP contribution is -2.48. The summed E-state index contributed by atoms with van der Waals surface area (Å²) in [6, 6.07) is -0.628. The fourth-order valence-electron chi connectivity index (χ4n) is 1.51. The lowest BCUT2D eigenvalue weighted by molar-refractivity contribution is -0.175. The monoisotopic (exact) mass is 224 g/mol. The van der Waals surface area contributed by atoms with Crippen molar-refractivity contribution in [1.82, 2.24) is 10.2 Å². The quantitative estimate of drug-likeness (QED) is 0.696. The highest BCUT2D eigenvalue weighted by Gasteiger charge is 2.41. The Labute approximate surface area is 84.4 Å². The number of carbonyl (C=O) groups is 2. The number of carbonyl (C=O) groups excluding carboxylic acids is 2. The summed E-state index contributed by atoms with van der Waals surface area (Å²) in [7, 11) is 1.63. The molecule has 1 saturated heterocycles. The second-order valence-electron chi connectivity index (χ2n) is 3.45. The molecule has 1 fully saturated rings. The van der Waals surface area contributed by atoms with Gasteiger partial charge < -0.3 is 0 Å². The number of nitrogens with zero attached hydrogens (tertiary/aromatic N) is 1. The van der Waals surface area contributed by atoms with Gasteiger partial charge in [-0.05, 0) is 26.4 Å². The lowest BCUT2D eigenvalue weighted by Gasteiger charge is -2.18. The van der Waals surface area contributed by atoms with Gasteiger partial charge in [-0.1, -0.05) is 0 Å². The highest BCUT2D eigenvalue weighted by atomic mass is 19.4. The Balaban J connectivity index is 2.52. The summed E-state index contributed by atoms with van der Waals surface area (Å²) in [5.74, 6) is -3.08. The van der Waals surface area contributed by atoms with Crippen LogP contribution in [0.3, 0.4) is 0 Å². The van der Waals surface area contributed by atoms with Crippen molar-refractivity contribution in [2.45, 2.75) is 25.1 Å². The number of likely N-dealkylation sites (N-methyl/N-ethyl adjacent to an activating group) is 1. The normalized spacial score (nSPS) is 22.8. The van der Waals surface area contributed by atoms with Gasteiger partial charge in [0, 0.05) is 0 Å². The number of halogens is 3. The first-order valence-electron chi connectivity index (χ1n) is 4.44. The number of amides is 2. The van der Waals surface area contributed by atoms with Gasteiger partial charge in [-0.3, -0.25) is 19.8 Å². The predicted octanol–water partition coefficient (Wildman–Crippen LogP) is 0.286. The van der Waals surface area contributed by atoms with Gasteiger partial charge >= 0.3 is 12.1 Å². The minimum atomic E-state index is -5.01. The second-order valence-corrected chi connectivity index (χ2v) is 3.45. The Morgan fingerprint density at radius 1 is 1.40 bits per heavy atom. The van der Waals surface area contributed by atoms with E-state index < -0.39 is 24.0 Å². The van der Waals surface area contributed by atoms with E-state index in [0.717, 1.165) is 6.42 Å². The zero-order chi connectivity index (χ0) is 11.6. The molecule has 1 aliphatic rings. The Hall–Kier alpha value is -1.11. The number of alkyl halides is 3. The van der Waals surface area contributed by atoms with Crippen LogP contribution in [0.15, 0.2) is 0 Å². The number of rotatable bonds is 1. The third-order valence-corrected chi connectivity index (χ3v) is 2.32. The Morgan fingerprint density at radius 2 is 2.00 bits per heavy atom. The van der Waals surface area contributed by atoms with Crippen LogP contribution in [0.2, 0.25) is 0 Å². The molecule has 0 aliphatic carbocycles. The lowest BCUT2D eigenvalue weighted by atomic mass is 10.2. The van der Waals surface area contributed by atoms with Crippen LogP contribution in [0.5, 0.6) is 0 Å². The molecule has 1 heterocycles. The Morgan fingerprint density at radius 3 is 2.40 bits per heavy atom. The van der Waals surface area contributed by atoms with Gasteiger partial charge in [0.1, 0.15) is 0 Å². The maximum atomic E-state index is 11.8. The van der Waals surface area contributed by atoms with E-state index in [-0.39, 0.29) is 0 Å². The fourth-order valence-corrected chi connectivity index (χ4v) is 1.51. The van der Waals surface area contributed by atoms with Crippen LogP contribution in [0.4, 0.5) is 13.2 Å². The number of hydrogen-bond donors (Lipinski definition) is 1. The molecule has 0 aromatic rings. The molecule has 0 aromatic heterocycles. The third-order valence-electron chi connectivity index (χ3n) is 2.32. The topological polar surface area (TPSA) is 49.4 Å². The van der Waals surface area contributed by atoms with Crippen LogP contribution < -0.4 is 5.32 Å². The standard InChI is InChI=1S/C8H11F3N2O2/c1-13-4-2-3-5(13)6(14)12-7(15)8(9,10)11/h5H,2-4H2,1H3,(H,12,14,15)/t5-/m0/s1. The van der Waals surface area contributed by atoms with Gasteiger partial charge in [0.25, 0.3) is 0 Å². The maximum Gasteiger partial charge on any atom is 0.471 e. The van der Waals surface area contributed by atoms with E-state index in [1.165, 1.54) is 5.32 Å². The summed E-state index contributed by atoms with van der Waals surface area (Å²) in [4.78, 5) is 23.3. The molecule has 0 radical (unpaired) electrons. The molecule has 4 nitrogen and oxygen atoms in total. The minimum Gasteiger partial charge on any atom is -0.295 e. The molecule has 1 rings (SSSR count). The molecule has 0 unspecified atom stereocenters. The molecule has 1 atom stereocenters. The van der Waals surface area contributed by atoms with E-state index in [1.807, 2.05) is 0 Å². The summed E-state index contributed by atoms with van der Waals surface area (Å²) in [5.41, 5.74) is 0. The fraction of sp³-hybridized carbons (Fsp3) is 0.750. The zero-order valence-electron chi connectivity index (χ0n) is 8.10. The molecular weight excluding hydrogens is 213 g/mol. The highest BCUT2D eigenvalue weighted by molar-refractivity contribution is 6.00. The van der Waals surface area contributed by atoms with E-state index >= 15 is 0 Å². The number of nitrogens with one attached hydrogen (secondary N) is 1. The van der Waals surface area contributed by atoms with Gasteiger partial charge in [-0.15, -0.1) is 0 Å². The number of imide groups is 1. The molecular formula is C8H11F3N2O2. The number of hydrogen-bond acceptors (Lipinski definition) is 3. The molecule has 1 N–H and O–H groups in total. The summed E-state index contributed by atoms with van der Waals surface area (Å²) >= 11 is 0. The smallest absolute Gasteiger partial charge is 0.295 e. The zero-order valence-corrected chi connectivity index (χ0v) is 8.10. The van der Waals surface area contributed by atoms with Crippen LogP contribution in [-0.4, -0.2) is 42.5 Å². The second kappa shape index (κ2) is 4.18. The summed E-state index contributed by atoms with van der Waals surface area (Å²) in [5, 5.41) is 1.35. The molecule has 0 saturated carbocycles. The van der Waals surface area contributed by atoms with Gasteiger partial charge in [0.15, 0.2) is 0 Å². The maximum absolute atomic E-state index is 11.8. The molecule has 15 heavy (non-hydrogen) atoms. The first-order chi connectivity index (χ1) is 6.82. The van der Waals surface area contributed by atoms with Crippen molar-refractivity contribution in [2.75, 3.05) is 13.6 Å². The average molecular weight is 224 g/mol. The van der Waals surface area contributed by atoms with Gasteiger partial charge in [0.2, 0.25) is 5.91 Å². The Kier molecular flexibility index (Phi) is 3.33. The third kappa shape index (κ3) is 2.92. The van der Waals surface area contributed by atoms with Crippen LogP contribution in [0.25, 0.3) is 0 Å². The summed E-state index contributed by atoms with van der Waals surface area (Å²) < 4.78 is 35.4. The Bertz CT molecular complexity index is 278. The minimum absolute atomic E-state index is 0.480. The highest BCUT2D eigenvalue weighted by Crippen LogP contribution is 2.17. The van der Waals surface area contributed by atoms with Gasteiger partial charge in [0.05, 0.1) is 6.04 Å². The average Bonchev–Trinajstić information content (AvgIpc) is 2.49. The molecule has 7 heteroatoms. The number of likely N-dealkylation sites (tertiary alicyclic amines) is 1. The molecule has 2 amide bonds. The summed E-state index contributed by atoms with van der Waals surface area (Å²) in [6.07, 6.45) is -3.78. The molecule has 0 bridgehead atoms. The van der Waals surface area contributed by atoms with Crippen molar-refractivity contribution in [3.63, 3.8) is 0 Å². The summed E-state index contributed by atoms with van der Waals surface area (Å²) in [6.45, 7) is 0.651. The first kappa shape index (κ1) is 12.0. The van der Waals surface area contributed by atoms with Gasteiger partial charge in [-0.2, -0.15) is 13.2 Å². The first-order valence-corrected chi connectivity index (χ1v) is 4.44. The van der Waals surface area contributed by atoms with Crippen molar-refractivity contribution < 1.29 is 22.8 Å². The van der Waals surface area contributed by atoms with Crippen molar-refractivity contribution >= 4 is 11.8 Å².